The minimum atomic E-state index is 0. The van der Waals surface area contributed by atoms with Crippen LogP contribution in [0.2, 0.25) is 0 Å². The Labute approximate surface area is 174 Å². The van der Waals surface area contributed by atoms with Gasteiger partial charge in [0, 0.05) is 44.6 Å². The Morgan fingerprint density at radius 1 is 1.31 bits per heavy atom. The van der Waals surface area contributed by atoms with Gasteiger partial charge in [-0.25, -0.2) is 4.99 Å². The van der Waals surface area contributed by atoms with E-state index in [1.54, 1.807) is 19.0 Å². The molecule has 0 aromatic heterocycles. The van der Waals surface area contributed by atoms with Crippen LogP contribution in [0.5, 0.6) is 0 Å². The van der Waals surface area contributed by atoms with E-state index < -0.39 is 0 Å². The predicted octanol–water partition coefficient (Wildman–Crippen LogP) is 2.38. The summed E-state index contributed by atoms with van der Waals surface area (Å²) >= 11 is 0. The first-order valence-corrected chi connectivity index (χ1v) is 9.95. The fourth-order valence-electron chi connectivity index (χ4n) is 4.88. The molecule has 3 unspecified atom stereocenters. The maximum Gasteiger partial charge on any atom is 0.243 e. The number of amides is 1. The van der Waals surface area contributed by atoms with Gasteiger partial charge in [-0.1, -0.05) is 26.2 Å². The maximum absolute atomic E-state index is 11.9. The van der Waals surface area contributed by atoms with Crippen LogP contribution in [0.4, 0.5) is 0 Å². The van der Waals surface area contributed by atoms with E-state index in [0.29, 0.717) is 23.5 Å². The Morgan fingerprint density at radius 3 is 2.69 bits per heavy atom. The predicted molar refractivity (Wildman–Crippen MR) is 115 cm³/mol. The molecule has 1 spiro atoms. The summed E-state index contributed by atoms with van der Waals surface area (Å²) in [6.07, 6.45) is 8.95. The second kappa shape index (κ2) is 9.57. The van der Waals surface area contributed by atoms with E-state index in [9.17, 15) is 4.79 Å². The molecule has 3 aliphatic rings. The van der Waals surface area contributed by atoms with Gasteiger partial charge in [0.25, 0.3) is 0 Å². The Balaban J connectivity index is 0.00000243. The molecule has 0 radical (unpaired) electrons. The summed E-state index contributed by atoms with van der Waals surface area (Å²) in [5, 5.41) is 7.13. The van der Waals surface area contributed by atoms with Crippen LogP contribution in [0.1, 0.15) is 51.9 Å². The lowest BCUT2D eigenvalue weighted by Crippen LogP contribution is -2.69. The van der Waals surface area contributed by atoms with Crippen LogP contribution in [0.15, 0.2) is 4.99 Å². The van der Waals surface area contributed by atoms with Crippen molar-refractivity contribution in [2.24, 2.45) is 16.3 Å². The molecule has 2 aliphatic carbocycles. The Morgan fingerprint density at radius 2 is 2.04 bits per heavy atom. The van der Waals surface area contributed by atoms with Crippen LogP contribution < -0.4 is 10.6 Å². The van der Waals surface area contributed by atoms with Crippen LogP contribution >= 0.6 is 24.0 Å². The third-order valence-electron chi connectivity index (χ3n) is 6.27. The molecule has 0 aromatic rings. The first kappa shape index (κ1) is 21.7. The lowest BCUT2D eigenvalue weighted by atomic mass is 9.54. The van der Waals surface area contributed by atoms with Crippen molar-refractivity contribution in [1.82, 2.24) is 15.5 Å². The molecule has 3 fully saturated rings. The number of unbranched alkanes of at least 4 members (excludes halogenated alkanes) is 1. The Hall–Kier alpha value is -0.570. The van der Waals surface area contributed by atoms with Crippen molar-refractivity contribution in [3.63, 3.8) is 0 Å². The molecule has 0 aromatic carbocycles. The summed E-state index contributed by atoms with van der Waals surface area (Å²) < 4.78 is 6.07. The third kappa shape index (κ3) is 4.29. The molecule has 2 N–H and O–H groups in total. The number of nitrogens with one attached hydrogen (secondary N) is 2. The summed E-state index contributed by atoms with van der Waals surface area (Å²) in [5.74, 6) is 1.42. The minimum Gasteiger partial charge on any atom is -0.377 e. The first-order chi connectivity index (χ1) is 12.1. The molecule has 1 aliphatic heterocycles. The van der Waals surface area contributed by atoms with Crippen LogP contribution in [0.3, 0.4) is 0 Å². The van der Waals surface area contributed by atoms with E-state index in [4.69, 9.17) is 4.74 Å². The highest BCUT2D eigenvalue weighted by Gasteiger charge is 2.65. The van der Waals surface area contributed by atoms with Crippen LogP contribution in [-0.2, 0) is 9.53 Å². The van der Waals surface area contributed by atoms with Crippen molar-refractivity contribution in [3.05, 3.63) is 0 Å². The lowest BCUT2D eigenvalue weighted by molar-refractivity contribution is -0.127. The molecule has 6 nitrogen and oxygen atoms in total. The van der Waals surface area contributed by atoms with Gasteiger partial charge in [-0.05, 0) is 25.7 Å². The lowest BCUT2D eigenvalue weighted by Gasteiger charge is -2.57. The van der Waals surface area contributed by atoms with Crippen molar-refractivity contribution >= 4 is 35.8 Å². The number of aliphatic imine (C=N–C) groups is 1. The van der Waals surface area contributed by atoms with Gasteiger partial charge in [0.2, 0.25) is 5.91 Å². The van der Waals surface area contributed by atoms with Crippen molar-refractivity contribution in [2.75, 3.05) is 33.8 Å². The second-order valence-electron chi connectivity index (χ2n) is 8.04. The average molecular weight is 478 g/mol. The number of halogens is 1. The van der Waals surface area contributed by atoms with E-state index in [2.05, 4.69) is 22.5 Å². The zero-order valence-electron chi connectivity index (χ0n) is 16.4. The standard InChI is InChI=1S/C19H34N4O2.HI/c1-4-5-11-20-18(21-13-15(24)23(2)3)22-16-14-8-12-25-17(14)19(16)9-6-7-10-19;/h14,16-17H,4-13H2,1-3H3,(H2,20,21,22);1H. The normalized spacial score (nSPS) is 28.9. The average Bonchev–Trinajstić information content (AvgIpc) is 3.24. The highest BCUT2D eigenvalue weighted by molar-refractivity contribution is 14.0. The molecule has 3 atom stereocenters. The number of hydrogen-bond donors (Lipinski definition) is 2. The second-order valence-corrected chi connectivity index (χ2v) is 8.04. The van der Waals surface area contributed by atoms with Gasteiger partial charge in [-0.15, -0.1) is 24.0 Å². The largest absolute Gasteiger partial charge is 0.377 e. The van der Waals surface area contributed by atoms with Gasteiger partial charge in [-0.2, -0.15) is 0 Å². The van der Waals surface area contributed by atoms with E-state index in [1.807, 2.05) is 0 Å². The van der Waals surface area contributed by atoms with Crippen molar-refractivity contribution < 1.29 is 9.53 Å². The monoisotopic (exact) mass is 478 g/mol. The highest BCUT2D eigenvalue weighted by Crippen LogP contribution is 2.60. The summed E-state index contributed by atoms with van der Waals surface area (Å²) in [7, 11) is 3.55. The molecule has 1 heterocycles. The number of likely N-dealkylation sites (N-methyl/N-ethyl adjacent to an activating group) is 1. The Bertz CT molecular complexity index is 506. The number of rotatable bonds is 6. The topological polar surface area (TPSA) is 66.0 Å². The van der Waals surface area contributed by atoms with E-state index in [-0.39, 0.29) is 36.4 Å². The fraction of sp³-hybridized carbons (Fsp3) is 0.895. The minimum absolute atomic E-state index is 0. The van der Waals surface area contributed by atoms with Crippen molar-refractivity contribution in [2.45, 2.75) is 64.0 Å². The molecule has 1 saturated heterocycles. The highest BCUT2D eigenvalue weighted by atomic mass is 127. The molecular weight excluding hydrogens is 443 g/mol. The number of carbonyl (C=O) groups is 1. The smallest absolute Gasteiger partial charge is 0.243 e. The molecule has 2 saturated carbocycles. The zero-order valence-corrected chi connectivity index (χ0v) is 18.8. The molecule has 0 bridgehead atoms. The van der Waals surface area contributed by atoms with Gasteiger partial charge >= 0.3 is 0 Å². The molecule has 150 valence electrons. The first-order valence-electron chi connectivity index (χ1n) is 9.95. The number of ether oxygens (including phenoxy) is 1. The van der Waals surface area contributed by atoms with Gasteiger partial charge < -0.3 is 20.3 Å². The number of fused-ring (bicyclic) bond motifs is 2. The van der Waals surface area contributed by atoms with Crippen LogP contribution in [0.25, 0.3) is 0 Å². The van der Waals surface area contributed by atoms with Gasteiger partial charge in [0.05, 0.1) is 6.10 Å². The quantitative estimate of drug-likeness (QED) is 0.266. The summed E-state index contributed by atoms with van der Waals surface area (Å²) in [6, 6.07) is 0.435. The molecular formula is C19H35IN4O2. The van der Waals surface area contributed by atoms with Crippen molar-refractivity contribution in [1.29, 1.82) is 0 Å². The third-order valence-corrected chi connectivity index (χ3v) is 6.27. The summed E-state index contributed by atoms with van der Waals surface area (Å²) in [6.45, 7) is 4.16. The summed E-state index contributed by atoms with van der Waals surface area (Å²) in [4.78, 5) is 18.1. The zero-order chi connectivity index (χ0) is 17.9. The van der Waals surface area contributed by atoms with Gasteiger partial charge in [0.15, 0.2) is 5.96 Å². The Kier molecular flexibility index (Phi) is 8.00. The van der Waals surface area contributed by atoms with E-state index in [0.717, 1.165) is 38.4 Å². The number of guanidine groups is 1. The van der Waals surface area contributed by atoms with Gasteiger partial charge in [-0.3, -0.25) is 4.79 Å². The maximum atomic E-state index is 11.9. The number of hydrogen-bond acceptors (Lipinski definition) is 3. The molecule has 3 rings (SSSR count). The molecule has 26 heavy (non-hydrogen) atoms. The fourth-order valence-corrected chi connectivity index (χ4v) is 4.88. The number of carbonyl (C=O) groups excluding carboxylic acids is 1. The SMILES string of the molecule is CCCCNC(=NCC(=O)N(C)C)NC1C2CCOC2C12CCCC2.I. The van der Waals surface area contributed by atoms with Crippen LogP contribution in [0, 0.1) is 11.3 Å². The number of nitrogens with zero attached hydrogens (tertiary/aromatic N) is 2. The van der Waals surface area contributed by atoms with Crippen LogP contribution in [-0.4, -0.2) is 62.7 Å². The van der Waals surface area contributed by atoms with E-state index >= 15 is 0 Å². The van der Waals surface area contributed by atoms with E-state index in [1.165, 1.54) is 25.7 Å². The van der Waals surface area contributed by atoms with Crippen molar-refractivity contribution in [3.8, 4) is 0 Å². The summed E-state index contributed by atoms with van der Waals surface area (Å²) in [5.41, 5.74) is 0.292. The molecule has 1 amide bonds. The van der Waals surface area contributed by atoms with Gasteiger partial charge in [0.1, 0.15) is 6.54 Å². The molecule has 7 heteroatoms.